The van der Waals surface area contributed by atoms with Crippen molar-refractivity contribution in [1.29, 1.82) is 0 Å². The van der Waals surface area contributed by atoms with E-state index in [9.17, 15) is 4.79 Å². The number of ether oxygens (including phenoxy) is 2. The van der Waals surface area contributed by atoms with Crippen molar-refractivity contribution in [3.05, 3.63) is 65.4 Å². The molecule has 2 aliphatic heterocycles. The van der Waals surface area contributed by atoms with Crippen LogP contribution in [0.25, 0.3) is 6.08 Å². The van der Waals surface area contributed by atoms with Crippen LogP contribution >= 0.6 is 11.8 Å². The molecule has 0 saturated carbocycles. The highest BCUT2D eigenvalue weighted by Gasteiger charge is 2.32. The molecule has 6 heteroatoms. The van der Waals surface area contributed by atoms with Crippen molar-refractivity contribution in [2.24, 2.45) is 4.99 Å². The molecule has 0 N–H and O–H groups in total. The fraction of sp³-hybridized carbons (Fsp3) is 0.407. The van der Waals surface area contributed by atoms with Crippen LogP contribution < -0.4 is 9.47 Å². The number of carbonyl (C=O) groups is 1. The lowest BCUT2D eigenvalue weighted by Gasteiger charge is -2.21. The summed E-state index contributed by atoms with van der Waals surface area (Å²) in [5.74, 6) is 2.81. The van der Waals surface area contributed by atoms with Gasteiger partial charge in [-0.2, -0.15) is 0 Å². The second kappa shape index (κ2) is 11.9. The molecule has 2 aromatic rings. The number of hydrogen-bond donors (Lipinski definition) is 0. The summed E-state index contributed by atoms with van der Waals surface area (Å²) in [5.41, 5.74) is 2.79. The summed E-state index contributed by atoms with van der Waals surface area (Å²) in [6.45, 7) is 4.36. The fourth-order valence-electron chi connectivity index (χ4n) is 3.83. The normalized spacial score (nSPS) is 16.6. The maximum atomic E-state index is 12.5. The number of amidine groups is 1. The zero-order valence-electron chi connectivity index (χ0n) is 19.3. The topological polar surface area (TPSA) is 51.1 Å². The molecule has 0 radical (unpaired) electrons. The molecule has 0 bridgehead atoms. The minimum atomic E-state index is 0.00507. The lowest BCUT2D eigenvalue weighted by molar-refractivity contribution is -0.122. The average Bonchev–Trinajstić information content (AvgIpc) is 3.16. The smallest absolute Gasteiger partial charge is 0.278 e. The molecular weight excluding hydrogens is 432 g/mol. The number of aliphatic imine (C=N–C) groups is 1. The Balaban J connectivity index is 1.15. The van der Waals surface area contributed by atoms with Crippen LogP contribution in [0.5, 0.6) is 11.5 Å². The van der Waals surface area contributed by atoms with Gasteiger partial charge in [0.15, 0.2) is 5.17 Å². The van der Waals surface area contributed by atoms with Gasteiger partial charge in [-0.1, -0.05) is 43.0 Å². The molecule has 4 rings (SSSR count). The summed E-state index contributed by atoms with van der Waals surface area (Å²) in [6, 6.07) is 16.2. The molecule has 33 heavy (non-hydrogen) atoms. The molecule has 2 heterocycles. The molecule has 5 nitrogen and oxygen atoms in total. The van der Waals surface area contributed by atoms with Gasteiger partial charge in [-0.25, -0.2) is 4.99 Å². The quantitative estimate of drug-likeness (QED) is 0.305. The van der Waals surface area contributed by atoms with Crippen LogP contribution in [0, 0.1) is 0 Å². The number of carbonyl (C=O) groups excluding carboxylic acids is 1. The molecular formula is C27H32N2O3S. The van der Waals surface area contributed by atoms with Crippen LogP contribution in [0.15, 0.2) is 59.2 Å². The van der Waals surface area contributed by atoms with E-state index in [1.54, 1.807) is 16.7 Å². The van der Waals surface area contributed by atoms with Crippen molar-refractivity contribution in [1.82, 2.24) is 4.90 Å². The predicted molar refractivity (Wildman–Crippen MR) is 136 cm³/mol. The predicted octanol–water partition coefficient (Wildman–Crippen LogP) is 5.94. The van der Waals surface area contributed by atoms with Gasteiger partial charge in [-0.05, 0) is 80.0 Å². The first kappa shape index (κ1) is 23.4. The summed E-state index contributed by atoms with van der Waals surface area (Å²) in [7, 11) is 0. The third-order valence-electron chi connectivity index (χ3n) is 5.74. The van der Waals surface area contributed by atoms with E-state index in [4.69, 9.17) is 9.47 Å². The summed E-state index contributed by atoms with van der Waals surface area (Å²) in [4.78, 5) is 18.8. The Morgan fingerprint density at radius 1 is 1.00 bits per heavy atom. The number of unbranched alkanes of at least 4 members (excludes halogenated alkanes) is 3. The van der Waals surface area contributed by atoms with Crippen LogP contribution in [0.4, 0.5) is 0 Å². The van der Waals surface area contributed by atoms with Gasteiger partial charge in [0.05, 0.1) is 13.2 Å². The van der Waals surface area contributed by atoms with Gasteiger partial charge in [0, 0.05) is 12.3 Å². The van der Waals surface area contributed by atoms with Gasteiger partial charge >= 0.3 is 0 Å². The molecule has 0 aromatic heterocycles. The van der Waals surface area contributed by atoms with Crippen molar-refractivity contribution in [2.45, 2.75) is 45.4 Å². The molecule has 0 atom stereocenters. The molecule has 2 aromatic carbocycles. The highest BCUT2D eigenvalue weighted by molar-refractivity contribution is 8.13. The first-order valence-corrected chi connectivity index (χ1v) is 12.9. The highest BCUT2D eigenvalue weighted by atomic mass is 32.2. The zero-order valence-corrected chi connectivity index (χ0v) is 20.1. The first-order valence-electron chi connectivity index (χ1n) is 11.9. The van der Waals surface area contributed by atoms with Crippen LogP contribution in [-0.4, -0.2) is 41.5 Å². The Labute approximate surface area is 200 Å². The van der Waals surface area contributed by atoms with E-state index >= 15 is 0 Å². The number of fused-ring (bicyclic) bond motifs is 1. The van der Waals surface area contributed by atoms with Gasteiger partial charge in [-0.3, -0.25) is 9.69 Å². The van der Waals surface area contributed by atoms with Crippen molar-refractivity contribution >= 4 is 28.9 Å². The summed E-state index contributed by atoms with van der Waals surface area (Å²) >= 11 is 1.66. The number of nitrogens with zero attached hydrogens (tertiary/aromatic N) is 2. The molecule has 1 saturated heterocycles. The minimum Gasteiger partial charge on any atom is -0.494 e. The Morgan fingerprint density at radius 3 is 2.48 bits per heavy atom. The van der Waals surface area contributed by atoms with E-state index in [-0.39, 0.29) is 5.91 Å². The van der Waals surface area contributed by atoms with Crippen molar-refractivity contribution in [3.8, 4) is 11.5 Å². The summed E-state index contributed by atoms with van der Waals surface area (Å²) in [5, 5.41) is 0.838. The second-order valence-corrected chi connectivity index (χ2v) is 9.33. The zero-order chi connectivity index (χ0) is 22.9. The molecule has 0 spiro atoms. The van der Waals surface area contributed by atoms with Gasteiger partial charge in [-0.15, -0.1) is 0 Å². The fourth-order valence-corrected chi connectivity index (χ4v) is 4.78. The van der Waals surface area contributed by atoms with E-state index in [0.717, 1.165) is 79.7 Å². The number of thioether (sulfide) groups is 1. The summed E-state index contributed by atoms with van der Waals surface area (Å²) in [6.07, 6.45) is 8.22. The monoisotopic (exact) mass is 464 g/mol. The summed E-state index contributed by atoms with van der Waals surface area (Å²) < 4.78 is 11.7. The lowest BCUT2D eigenvalue weighted by atomic mass is 10.1. The Hall–Kier alpha value is -2.73. The average molecular weight is 465 g/mol. The number of aryl methyl sites for hydroxylation is 1. The van der Waals surface area contributed by atoms with Crippen molar-refractivity contribution in [2.75, 3.05) is 25.5 Å². The van der Waals surface area contributed by atoms with Gasteiger partial charge < -0.3 is 9.47 Å². The third kappa shape index (κ3) is 6.64. The molecule has 1 amide bonds. The van der Waals surface area contributed by atoms with E-state index in [0.29, 0.717) is 12.3 Å². The Kier molecular flexibility index (Phi) is 8.47. The second-order valence-electron chi connectivity index (χ2n) is 8.26. The van der Waals surface area contributed by atoms with Crippen LogP contribution in [-0.2, 0) is 11.2 Å². The largest absolute Gasteiger partial charge is 0.494 e. The van der Waals surface area contributed by atoms with Crippen LogP contribution in [0.1, 0.15) is 50.2 Å². The number of benzene rings is 2. The minimum absolute atomic E-state index is 0.00507. The van der Waals surface area contributed by atoms with Gasteiger partial charge in [0.25, 0.3) is 5.91 Å². The first-order chi connectivity index (χ1) is 16.2. The van der Waals surface area contributed by atoms with Gasteiger partial charge in [0.2, 0.25) is 0 Å². The lowest BCUT2D eigenvalue weighted by Crippen LogP contribution is -2.34. The van der Waals surface area contributed by atoms with Crippen LogP contribution in [0.3, 0.4) is 0 Å². The third-order valence-corrected chi connectivity index (χ3v) is 6.80. The van der Waals surface area contributed by atoms with E-state index in [1.807, 2.05) is 30.3 Å². The molecule has 0 unspecified atom stereocenters. The highest BCUT2D eigenvalue weighted by Crippen LogP contribution is 2.28. The Bertz CT molecular complexity index is 1000. The Morgan fingerprint density at radius 2 is 1.76 bits per heavy atom. The van der Waals surface area contributed by atoms with E-state index in [2.05, 4.69) is 36.2 Å². The standard InChI is InChI=1S/C27H32N2O3S/c1-2-21-11-13-23(14-12-21)31-16-5-3-4-6-17-32-24-10-7-9-22(19-24)20-25-26(30)29-15-8-18-33-27(29)28-25/h7,9-14,19-20H,2-6,8,15-18H2,1H3/b25-20-. The maximum Gasteiger partial charge on any atom is 0.278 e. The molecule has 2 aliphatic rings. The van der Waals surface area contributed by atoms with Crippen molar-refractivity contribution < 1.29 is 14.3 Å². The maximum absolute atomic E-state index is 12.5. The van der Waals surface area contributed by atoms with Crippen molar-refractivity contribution in [3.63, 3.8) is 0 Å². The van der Waals surface area contributed by atoms with Gasteiger partial charge in [0.1, 0.15) is 17.2 Å². The number of hydrogen-bond acceptors (Lipinski definition) is 5. The SMILES string of the molecule is CCc1ccc(OCCCCCCOc2cccc(/C=C3\N=C4SCCCN4C3=O)c2)cc1. The van der Waals surface area contributed by atoms with E-state index < -0.39 is 0 Å². The van der Waals surface area contributed by atoms with Crippen LogP contribution in [0.2, 0.25) is 0 Å². The van der Waals surface area contributed by atoms with E-state index in [1.165, 1.54) is 5.56 Å². The molecule has 0 aliphatic carbocycles. The number of amides is 1. The molecule has 174 valence electrons. The molecule has 1 fully saturated rings. The number of rotatable bonds is 11.